The number of thioether (sulfide) groups is 1. The molecule has 2 aromatic rings. The number of methoxy groups -OCH3 is 1. The highest BCUT2D eigenvalue weighted by Gasteiger charge is 2.36. The molecule has 0 unspecified atom stereocenters. The monoisotopic (exact) mass is 348 g/mol. The number of nitrogens with zero attached hydrogens (tertiary/aromatic N) is 5. The fraction of sp³-hybridized carbons (Fsp3) is 0.467. The Bertz CT molecular complexity index is 822. The summed E-state index contributed by atoms with van der Waals surface area (Å²) in [6.07, 6.45) is 3.87. The van der Waals surface area contributed by atoms with Crippen LogP contribution in [0.4, 0.5) is 5.95 Å². The van der Waals surface area contributed by atoms with Crippen LogP contribution in [-0.2, 0) is 16.1 Å². The minimum atomic E-state index is -0.414. The Kier molecular flexibility index (Phi) is 4.35. The van der Waals surface area contributed by atoms with Gasteiger partial charge < -0.3 is 10.1 Å². The summed E-state index contributed by atoms with van der Waals surface area (Å²) in [7, 11) is 1.38. The van der Waals surface area contributed by atoms with Crippen LogP contribution in [0.25, 0.3) is 0 Å². The summed E-state index contributed by atoms with van der Waals surface area (Å²) in [4.78, 5) is 16.9. The van der Waals surface area contributed by atoms with E-state index in [4.69, 9.17) is 4.74 Å². The summed E-state index contributed by atoms with van der Waals surface area (Å²) in [5, 5.41) is 12.8. The number of esters is 1. The molecule has 3 heterocycles. The Hall–Kier alpha value is -2.29. The van der Waals surface area contributed by atoms with Crippen molar-refractivity contribution in [1.29, 1.82) is 0 Å². The van der Waals surface area contributed by atoms with E-state index >= 15 is 0 Å². The third-order valence-corrected chi connectivity index (χ3v) is 4.56. The molecular weight excluding hydrogens is 328 g/mol. The van der Waals surface area contributed by atoms with Crippen LogP contribution in [0.1, 0.15) is 31.1 Å². The number of aromatic nitrogens is 5. The number of anilines is 1. The average Bonchev–Trinajstić information content (AvgIpc) is 3.15. The fourth-order valence-corrected chi connectivity index (χ4v) is 3.19. The molecule has 0 saturated carbocycles. The molecule has 0 bridgehead atoms. The van der Waals surface area contributed by atoms with E-state index in [1.165, 1.54) is 18.9 Å². The normalized spacial score (nSPS) is 16.8. The lowest BCUT2D eigenvalue weighted by atomic mass is 9.96. The maximum absolute atomic E-state index is 12.4. The predicted octanol–water partition coefficient (Wildman–Crippen LogP) is 1.99. The Balaban J connectivity index is 2.21. The number of nitrogens with one attached hydrogen (secondary N) is 1. The van der Waals surface area contributed by atoms with Crippen molar-refractivity contribution in [3.05, 3.63) is 28.7 Å². The zero-order valence-corrected chi connectivity index (χ0v) is 15.1. The van der Waals surface area contributed by atoms with E-state index in [1.54, 1.807) is 4.68 Å². The number of aryl methyl sites for hydroxylation is 2. The molecule has 1 aliphatic heterocycles. The minimum Gasteiger partial charge on any atom is -0.466 e. The standard InChI is InChI=1S/C15H20N6O2S/c1-6-20-7-10(8(2)18-20)12-11(13(22)23-4)9(3)16-14-17-15(24-5)19-21(12)14/h7,12H,6H2,1-5H3,(H,16,17,19)/t12-/m1/s1. The Morgan fingerprint density at radius 3 is 2.75 bits per heavy atom. The topological polar surface area (TPSA) is 86.9 Å². The molecule has 0 spiro atoms. The van der Waals surface area contributed by atoms with E-state index in [0.29, 0.717) is 22.4 Å². The summed E-state index contributed by atoms with van der Waals surface area (Å²) in [6.45, 7) is 6.55. The SMILES string of the molecule is CCn1cc([C@@H]2C(C(=O)OC)=C(C)Nc3nc(SC)nn32)c(C)n1. The van der Waals surface area contributed by atoms with Crippen LogP contribution in [0.2, 0.25) is 0 Å². The summed E-state index contributed by atoms with van der Waals surface area (Å²) in [6, 6.07) is -0.414. The maximum Gasteiger partial charge on any atom is 0.338 e. The Labute approximate surface area is 144 Å². The smallest absolute Gasteiger partial charge is 0.338 e. The van der Waals surface area contributed by atoms with Gasteiger partial charge in [0.2, 0.25) is 11.1 Å². The van der Waals surface area contributed by atoms with Crippen molar-refractivity contribution in [3.63, 3.8) is 0 Å². The first-order valence-electron chi connectivity index (χ1n) is 7.60. The van der Waals surface area contributed by atoms with Crippen LogP contribution < -0.4 is 5.32 Å². The number of ether oxygens (including phenoxy) is 1. The highest BCUT2D eigenvalue weighted by molar-refractivity contribution is 7.98. The van der Waals surface area contributed by atoms with Crippen molar-refractivity contribution in [2.45, 2.75) is 38.5 Å². The lowest BCUT2D eigenvalue weighted by molar-refractivity contribution is -0.136. The molecule has 0 amide bonds. The van der Waals surface area contributed by atoms with Crippen molar-refractivity contribution < 1.29 is 9.53 Å². The minimum absolute atomic E-state index is 0.388. The molecule has 2 aromatic heterocycles. The van der Waals surface area contributed by atoms with Crippen molar-refractivity contribution in [3.8, 4) is 0 Å². The van der Waals surface area contributed by atoms with Crippen molar-refractivity contribution in [2.24, 2.45) is 0 Å². The van der Waals surface area contributed by atoms with E-state index in [-0.39, 0.29) is 5.97 Å². The largest absolute Gasteiger partial charge is 0.466 e. The summed E-state index contributed by atoms with van der Waals surface area (Å²) >= 11 is 1.45. The molecule has 0 radical (unpaired) electrons. The molecular formula is C15H20N6O2S. The van der Waals surface area contributed by atoms with E-state index in [1.807, 2.05) is 37.9 Å². The maximum atomic E-state index is 12.4. The lowest BCUT2D eigenvalue weighted by Crippen LogP contribution is -2.29. The van der Waals surface area contributed by atoms with E-state index in [0.717, 1.165) is 17.8 Å². The first-order valence-corrected chi connectivity index (χ1v) is 8.83. The first kappa shape index (κ1) is 16.6. The molecule has 1 N–H and O–H groups in total. The van der Waals surface area contributed by atoms with Gasteiger partial charge in [0.1, 0.15) is 6.04 Å². The third kappa shape index (κ3) is 2.58. The van der Waals surface area contributed by atoms with Gasteiger partial charge in [-0.05, 0) is 27.0 Å². The second kappa shape index (κ2) is 6.31. The molecule has 24 heavy (non-hydrogen) atoms. The van der Waals surface area contributed by atoms with Crippen LogP contribution >= 0.6 is 11.8 Å². The lowest BCUT2D eigenvalue weighted by Gasteiger charge is -2.27. The van der Waals surface area contributed by atoms with Gasteiger partial charge in [-0.3, -0.25) is 4.68 Å². The summed E-state index contributed by atoms with van der Waals surface area (Å²) in [5.74, 6) is 0.221. The Morgan fingerprint density at radius 2 is 2.17 bits per heavy atom. The number of hydrogen-bond donors (Lipinski definition) is 1. The predicted molar refractivity (Wildman–Crippen MR) is 90.9 cm³/mol. The molecule has 1 aliphatic rings. The number of rotatable bonds is 4. The van der Waals surface area contributed by atoms with Crippen LogP contribution in [0, 0.1) is 6.92 Å². The van der Waals surface area contributed by atoms with Gasteiger partial charge in [-0.1, -0.05) is 11.8 Å². The van der Waals surface area contributed by atoms with Gasteiger partial charge >= 0.3 is 5.97 Å². The molecule has 0 saturated heterocycles. The molecule has 9 heteroatoms. The zero-order chi connectivity index (χ0) is 17.4. The quantitative estimate of drug-likeness (QED) is 0.668. The molecule has 1 atom stereocenters. The highest BCUT2D eigenvalue weighted by Crippen LogP contribution is 2.37. The van der Waals surface area contributed by atoms with Gasteiger partial charge in [0.25, 0.3) is 0 Å². The van der Waals surface area contributed by atoms with Crippen LogP contribution in [-0.4, -0.2) is 43.9 Å². The zero-order valence-electron chi connectivity index (χ0n) is 14.3. The van der Waals surface area contributed by atoms with Gasteiger partial charge in [0, 0.05) is 24.0 Å². The highest BCUT2D eigenvalue weighted by atomic mass is 32.2. The number of hydrogen-bond acceptors (Lipinski definition) is 7. The average molecular weight is 348 g/mol. The van der Waals surface area contributed by atoms with E-state index < -0.39 is 6.04 Å². The third-order valence-electron chi connectivity index (χ3n) is 4.02. The molecule has 0 aliphatic carbocycles. The second-order valence-corrected chi connectivity index (χ2v) is 6.22. The molecule has 128 valence electrons. The van der Waals surface area contributed by atoms with Crippen molar-refractivity contribution in [2.75, 3.05) is 18.7 Å². The molecule has 8 nitrogen and oxygen atoms in total. The van der Waals surface area contributed by atoms with Gasteiger partial charge in [-0.25, -0.2) is 9.48 Å². The molecule has 0 fully saturated rings. The summed E-state index contributed by atoms with van der Waals surface area (Å²) in [5.41, 5.74) is 2.99. The fourth-order valence-electron chi connectivity index (χ4n) is 2.84. The van der Waals surface area contributed by atoms with Gasteiger partial charge in [0.15, 0.2) is 0 Å². The van der Waals surface area contributed by atoms with E-state index in [2.05, 4.69) is 20.5 Å². The van der Waals surface area contributed by atoms with Gasteiger partial charge in [-0.2, -0.15) is 10.1 Å². The van der Waals surface area contributed by atoms with Gasteiger partial charge in [-0.15, -0.1) is 5.10 Å². The summed E-state index contributed by atoms with van der Waals surface area (Å²) < 4.78 is 8.58. The first-order chi connectivity index (χ1) is 11.5. The van der Waals surface area contributed by atoms with Crippen LogP contribution in [0.3, 0.4) is 0 Å². The van der Waals surface area contributed by atoms with Crippen molar-refractivity contribution in [1.82, 2.24) is 24.5 Å². The van der Waals surface area contributed by atoms with Crippen LogP contribution in [0.5, 0.6) is 0 Å². The van der Waals surface area contributed by atoms with Crippen LogP contribution in [0.15, 0.2) is 22.6 Å². The second-order valence-electron chi connectivity index (χ2n) is 5.45. The number of allylic oxidation sites excluding steroid dienone is 1. The Morgan fingerprint density at radius 1 is 1.42 bits per heavy atom. The number of fused-ring (bicyclic) bond motifs is 1. The van der Waals surface area contributed by atoms with Crippen molar-refractivity contribution >= 4 is 23.7 Å². The van der Waals surface area contributed by atoms with E-state index in [9.17, 15) is 4.79 Å². The molecule has 0 aromatic carbocycles. The van der Waals surface area contributed by atoms with Gasteiger partial charge in [0.05, 0.1) is 18.4 Å². The molecule has 3 rings (SSSR count). The number of carbonyl (C=O) groups excluding carboxylic acids is 1. The number of carbonyl (C=O) groups is 1.